The van der Waals surface area contributed by atoms with E-state index in [1.807, 2.05) is 36.4 Å². The molecule has 0 saturated carbocycles. The van der Waals surface area contributed by atoms with Crippen molar-refractivity contribution in [3.05, 3.63) is 106 Å². The van der Waals surface area contributed by atoms with Crippen LogP contribution in [-0.4, -0.2) is 0 Å². The van der Waals surface area contributed by atoms with E-state index in [-0.39, 0.29) is 5.82 Å². The number of rotatable bonds is 2. The SMILES string of the molecule is CCc1ccc(-c2ccc3c(F)c(C#Cc4ccc(Cl)cc4)ccc3c2)cc1. The lowest BCUT2D eigenvalue weighted by molar-refractivity contribution is 0.636. The molecule has 0 fully saturated rings. The van der Waals surface area contributed by atoms with Gasteiger partial charge in [-0.15, -0.1) is 0 Å². The maximum absolute atomic E-state index is 14.9. The van der Waals surface area contributed by atoms with Crippen molar-refractivity contribution in [1.29, 1.82) is 0 Å². The maximum atomic E-state index is 14.9. The van der Waals surface area contributed by atoms with Gasteiger partial charge in [-0.3, -0.25) is 0 Å². The number of aryl methyl sites for hydroxylation is 1. The molecule has 4 rings (SSSR count). The summed E-state index contributed by atoms with van der Waals surface area (Å²) in [4.78, 5) is 0. The molecule has 0 nitrogen and oxygen atoms in total. The van der Waals surface area contributed by atoms with Crippen LogP contribution in [0.25, 0.3) is 21.9 Å². The summed E-state index contributed by atoms with van der Waals surface area (Å²) in [5.74, 6) is 5.64. The highest BCUT2D eigenvalue weighted by molar-refractivity contribution is 6.30. The van der Waals surface area contributed by atoms with E-state index in [1.165, 1.54) is 5.56 Å². The molecule has 0 aliphatic carbocycles. The van der Waals surface area contributed by atoms with Crippen LogP contribution >= 0.6 is 11.6 Å². The molecule has 2 heteroatoms. The summed E-state index contributed by atoms with van der Waals surface area (Å²) in [6.45, 7) is 2.14. The standard InChI is InChI=1S/C26H18ClF/c1-2-18-3-8-20(9-4-18)22-13-16-25-23(17-22)12-11-21(26(25)28)10-5-19-6-14-24(27)15-7-19/h3-4,6-9,11-17H,2H2,1H3. The van der Waals surface area contributed by atoms with E-state index in [9.17, 15) is 4.39 Å². The Labute approximate surface area is 169 Å². The molecule has 0 heterocycles. The van der Waals surface area contributed by atoms with Crippen molar-refractivity contribution in [2.45, 2.75) is 13.3 Å². The first kappa shape index (κ1) is 18.3. The summed E-state index contributed by atoms with van der Waals surface area (Å²) in [6.07, 6.45) is 1.02. The molecular weight excluding hydrogens is 367 g/mol. The van der Waals surface area contributed by atoms with E-state index in [4.69, 9.17) is 11.6 Å². The van der Waals surface area contributed by atoms with Gasteiger partial charge in [0.15, 0.2) is 0 Å². The van der Waals surface area contributed by atoms with Crippen LogP contribution in [0.5, 0.6) is 0 Å². The highest BCUT2D eigenvalue weighted by Crippen LogP contribution is 2.27. The Balaban J connectivity index is 1.69. The first-order valence-electron chi connectivity index (χ1n) is 9.23. The van der Waals surface area contributed by atoms with Crippen LogP contribution in [0.15, 0.2) is 78.9 Å². The fourth-order valence-corrected chi connectivity index (χ4v) is 3.30. The molecule has 0 spiro atoms. The molecule has 0 aliphatic rings. The average molecular weight is 385 g/mol. The Morgan fingerprint density at radius 1 is 0.786 bits per heavy atom. The van der Waals surface area contributed by atoms with Gasteiger partial charge < -0.3 is 0 Å². The second kappa shape index (κ2) is 7.89. The first-order valence-corrected chi connectivity index (χ1v) is 9.61. The van der Waals surface area contributed by atoms with E-state index >= 15 is 0 Å². The molecule has 4 aromatic rings. The minimum Gasteiger partial charge on any atom is -0.205 e. The van der Waals surface area contributed by atoms with Crippen molar-refractivity contribution >= 4 is 22.4 Å². The summed E-state index contributed by atoms with van der Waals surface area (Å²) in [5.41, 5.74) is 4.71. The van der Waals surface area contributed by atoms with E-state index in [2.05, 4.69) is 43.0 Å². The van der Waals surface area contributed by atoms with Gasteiger partial charge in [0.05, 0.1) is 5.56 Å². The smallest absolute Gasteiger partial charge is 0.146 e. The Morgan fingerprint density at radius 3 is 2.21 bits per heavy atom. The van der Waals surface area contributed by atoms with Gasteiger partial charge in [0, 0.05) is 16.0 Å². The summed E-state index contributed by atoms with van der Waals surface area (Å²) in [6, 6.07) is 25.2. The fraction of sp³-hybridized carbons (Fsp3) is 0.0769. The molecule has 0 atom stereocenters. The van der Waals surface area contributed by atoms with Gasteiger partial charge in [-0.2, -0.15) is 0 Å². The van der Waals surface area contributed by atoms with Gasteiger partial charge in [-0.05, 0) is 64.9 Å². The molecule has 28 heavy (non-hydrogen) atoms. The molecule has 0 aromatic heterocycles. The van der Waals surface area contributed by atoms with Gasteiger partial charge in [-0.1, -0.05) is 72.8 Å². The van der Waals surface area contributed by atoms with Crippen LogP contribution in [0, 0.1) is 17.7 Å². The van der Waals surface area contributed by atoms with Gasteiger partial charge in [0.2, 0.25) is 0 Å². The van der Waals surface area contributed by atoms with Crippen molar-refractivity contribution in [2.24, 2.45) is 0 Å². The minimum absolute atomic E-state index is 0.285. The lowest BCUT2D eigenvalue weighted by Gasteiger charge is -2.07. The number of halogens is 2. The van der Waals surface area contributed by atoms with Crippen LogP contribution in [0.4, 0.5) is 4.39 Å². The fourth-order valence-electron chi connectivity index (χ4n) is 3.17. The molecule has 0 saturated heterocycles. The normalized spacial score (nSPS) is 10.5. The van der Waals surface area contributed by atoms with E-state index < -0.39 is 0 Å². The van der Waals surface area contributed by atoms with Crippen LogP contribution in [0.2, 0.25) is 5.02 Å². The number of hydrogen-bond donors (Lipinski definition) is 0. The van der Waals surface area contributed by atoms with Crippen LogP contribution in [0.3, 0.4) is 0 Å². The molecule has 0 amide bonds. The largest absolute Gasteiger partial charge is 0.205 e. The van der Waals surface area contributed by atoms with Gasteiger partial charge in [-0.25, -0.2) is 4.39 Å². The Hall–Kier alpha value is -3.08. The van der Waals surface area contributed by atoms with Crippen molar-refractivity contribution in [3.63, 3.8) is 0 Å². The molecule has 136 valence electrons. The topological polar surface area (TPSA) is 0 Å². The van der Waals surface area contributed by atoms with Crippen molar-refractivity contribution in [3.8, 4) is 23.0 Å². The molecule has 4 aromatic carbocycles. The van der Waals surface area contributed by atoms with Crippen LogP contribution in [-0.2, 0) is 6.42 Å². The molecule has 0 N–H and O–H groups in total. The Kier molecular flexibility index (Phi) is 5.15. The Bertz CT molecular complexity index is 1190. The molecule has 0 bridgehead atoms. The summed E-state index contributed by atoms with van der Waals surface area (Å²) in [5, 5.41) is 2.10. The zero-order valence-electron chi connectivity index (χ0n) is 15.5. The second-order valence-electron chi connectivity index (χ2n) is 6.67. The van der Waals surface area contributed by atoms with Gasteiger partial charge in [0.25, 0.3) is 0 Å². The molecule has 0 aliphatic heterocycles. The zero-order chi connectivity index (χ0) is 19.5. The highest BCUT2D eigenvalue weighted by atomic mass is 35.5. The number of hydrogen-bond acceptors (Lipinski definition) is 0. The van der Waals surface area contributed by atoms with E-state index in [0.717, 1.165) is 28.5 Å². The second-order valence-corrected chi connectivity index (χ2v) is 7.11. The molecule has 0 unspecified atom stereocenters. The maximum Gasteiger partial charge on any atom is 0.146 e. The third kappa shape index (κ3) is 3.79. The number of benzene rings is 4. The van der Waals surface area contributed by atoms with Crippen molar-refractivity contribution < 1.29 is 4.39 Å². The monoisotopic (exact) mass is 384 g/mol. The predicted octanol–water partition coefficient (Wildman–Crippen LogP) is 7.26. The summed E-state index contributed by atoms with van der Waals surface area (Å²) in [7, 11) is 0. The van der Waals surface area contributed by atoms with E-state index in [1.54, 1.807) is 18.2 Å². The lowest BCUT2D eigenvalue weighted by Crippen LogP contribution is -1.88. The van der Waals surface area contributed by atoms with Crippen LogP contribution < -0.4 is 0 Å². The molecular formula is C26H18ClF. The quantitative estimate of drug-likeness (QED) is 0.319. The minimum atomic E-state index is -0.285. The third-order valence-electron chi connectivity index (χ3n) is 4.84. The summed E-state index contributed by atoms with van der Waals surface area (Å²) >= 11 is 5.88. The third-order valence-corrected chi connectivity index (χ3v) is 5.09. The average Bonchev–Trinajstić information content (AvgIpc) is 2.74. The van der Waals surface area contributed by atoms with Crippen LogP contribution in [0.1, 0.15) is 23.6 Å². The highest BCUT2D eigenvalue weighted by Gasteiger charge is 2.07. The van der Waals surface area contributed by atoms with Gasteiger partial charge >= 0.3 is 0 Å². The first-order chi connectivity index (χ1) is 13.6. The lowest BCUT2D eigenvalue weighted by atomic mass is 9.98. The van der Waals surface area contributed by atoms with Crippen molar-refractivity contribution in [1.82, 2.24) is 0 Å². The number of fused-ring (bicyclic) bond motifs is 1. The predicted molar refractivity (Wildman–Crippen MR) is 116 cm³/mol. The molecule has 0 radical (unpaired) electrons. The summed E-state index contributed by atoms with van der Waals surface area (Å²) < 4.78 is 14.9. The van der Waals surface area contributed by atoms with Crippen molar-refractivity contribution in [2.75, 3.05) is 0 Å². The van der Waals surface area contributed by atoms with Gasteiger partial charge in [0.1, 0.15) is 5.82 Å². The Morgan fingerprint density at radius 2 is 1.50 bits per heavy atom. The zero-order valence-corrected chi connectivity index (χ0v) is 16.2. The van der Waals surface area contributed by atoms with E-state index in [0.29, 0.717) is 16.0 Å².